The number of para-hydroxylation sites is 2. The van der Waals surface area contributed by atoms with Gasteiger partial charge in [-0.05, 0) is 66.9 Å². The van der Waals surface area contributed by atoms with E-state index in [0.717, 1.165) is 22.4 Å². The van der Waals surface area contributed by atoms with E-state index in [4.69, 9.17) is 0 Å². The van der Waals surface area contributed by atoms with Crippen LogP contribution in [-0.2, 0) is 4.79 Å². The lowest BCUT2D eigenvalue weighted by Gasteiger charge is -2.25. The van der Waals surface area contributed by atoms with Gasteiger partial charge in [-0.2, -0.15) is 0 Å². The van der Waals surface area contributed by atoms with Crippen LogP contribution >= 0.6 is 0 Å². The van der Waals surface area contributed by atoms with Crippen LogP contribution in [0.15, 0.2) is 97.1 Å². The van der Waals surface area contributed by atoms with Gasteiger partial charge >= 0.3 is 5.97 Å². The van der Waals surface area contributed by atoms with Gasteiger partial charge in [-0.3, -0.25) is 14.4 Å². The quantitative estimate of drug-likeness (QED) is 0.333. The fourth-order valence-corrected chi connectivity index (χ4v) is 4.88. The fraction of sp³-hybridized carbons (Fsp3) is 0.156. The summed E-state index contributed by atoms with van der Waals surface area (Å²) in [6.45, 7) is 2.92. The van der Waals surface area contributed by atoms with Crippen molar-refractivity contribution in [3.63, 3.8) is 0 Å². The Labute approximate surface area is 227 Å². The second kappa shape index (κ2) is 11.2. The summed E-state index contributed by atoms with van der Waals surface area (Å²) < 4.78 is 0. The highest BCUT2D eigenvalue weighted by atomic mass is 16.4. The highest BCUT2D eigenvalue weighted by Crippen LogP contribution is 2.33. The van der Waals surface area contributed by atoms with Crippen LogP contribution in [-0.4, -0.2) is 42.5 Å². The first-order valence-corrected chi connectivity index (χ1v) is 12.9. The molecule has 0 aromatic heterocycles. The maximum Gasteiger partial charge on any atom is 0.323 e. The van der Waals surface area contributed by atoms with E-state index < -0.39 is 5.97 Å². The van der Waals surface area contributed by atoms with Crippen LogP contribution in [0.5, 0.6) is 0 Å². The molecule has 0 fully saturated rings. The van der Waals surface area contributed by atoms with Gasteiger partial charge in [0.05, 0.1) is 11.4 Å². The Morgan fingerprint density at radius 1 is 0.795 bits per heavy atom. The minimum Gasteiger partial charge on any atom is -0.480 e. The summed E-state index contributed by atoms with van der Waals surface area (Å²) in [5, 5.41) is 12.3. The summed E-state index contributed by atoms with van der Waals surface area (Å²) in [6, 6.07) is 29.7. The van der Waals surface area contributed by atoms with Crippen LogP contribution in [0.1, 0.15) is 32.7 Å². The molecule has 4 aromatic carbocycles. The third kappa shape index (κ3) is 5.67. The second-order valence-electron chi connectivity index (χ2n) is 9.56. The number of rotatable bonds is 6. The molecule has 5 rings (SSSR count). The lowest BCUT2D eigenvalue weighted by molar-refractivity contribution is -0.135. The summed E-state index contributed by atoms with van der Waals surface area (Å²) in [7, 11) is 0. The summed E-state index contributed by atoms with van der Waals surface area (Å²) >= 11 is 0. The molecule has 0 unspecified atom stereocenters. The van der Waals surface area contributed by atoms with E-state index in [1.807, 2.05) is 73.7 Å². The van der Waals surface area contributed by atoms with E-state index in [0.29, 0.717) is 42.0 Å². The van der Waals surface area contributed by atoms with Crippen molar-refractivity contribution in [2.75, 3.05) is 34.8 Å². The van der Waals surface area contributed by atoms with Crippen LogP contribution in [0.3, 0.4) is 0 Å². The maximum atomic E-state index is 13.5. The SMILES string of the molecule is Cc1ccc(-c2ccccc2C(=O)Nc2ccc(C(=O)N3CCCN(CC(=O)O)c4ccccc43)cc2)cc1. The highest BCUT2D eigenvalue weighted by Gasteiger charge is 2.26. The van der Waals surface area contributed by atoms with E-state index in [9.17, 15) is 19.5 Å². The average Bonchev–Trinajstić information content (AvgIpc) is 3.13. The number of hydrogen-bond donors (Lipinski definition) is 2. The molecule has 0 atom stereocenters. The van der Waals surface area contributed by atoms with Crippen molar-refractivity contribution in [1.29, 1.82) is 0 Å². The topological polar surface area (TPSA) is 90.0 Å². The minimum atomic E-state index is -0.913. The molecule has 1 aliphatic rings. The smallest absolute Gasteiger partial charge is 0.323 e. The van der Waals surface area contributed by atoms with Crippen molar-refractivity contribution in [2.45, 2.75) is 13.3 Å². The normalized spacial score (nSPS) is 12.8. The summed E-state index contributed by atoms with van der Waals surface area (Å²) in [5.41, 5.74) is 6.00. The molecule has 0 saturated carbocycles. The van der Waals surface area contributed by atoms with Crippen LogP contribution in [0.4, 0.5) is 17.1 Å². The monoisotopic (exact) mass is 519 g/mol. The summed E-state index contributed by atoms with van der Waals surface area (Å²) in [5.74, 6) is -1.32. The molecule has 7 heteroatoms. The maximum absolute atomic E-state index is 13.5. The molecule has 2 amide bonds. The number of carboxylic acid groups (broad SMARTS) is 1. The molecule has 0 spiro atoms. The number of hydrogen-bond acceptors (Lipinski definition) is 4. The molecule has 1 heterocycles. The fourth-order valence-electron chi connectivity index (χ4n) is 4.88. The number of amides is 2. The van der Waals surface area contributed by atoms with Crippen molar-refractivity contribution in [1.82, 2.24) is 0 Å². The molecule has 39 heavy (non-hydrogen) atoms. The number of aliphatic carboxylic acids is 1. The molecule has 196 valence electrons. The standard InChI is InChI=1S/C32H29N3O4/c1-22-11-13-23(14-12-22)26-7-2-3-8-27(26)31(38)33-25-17-15-24(16-18-25)32(39)35-20-6-19-34(21-30(36)37)28-9-4-5-10-29(28)35/h2-5,7-18H,6,19-21H2,1H3,(H,33,38)(H,36,37). The highest BCUT2D eigenvalue weighted by molar-refractivity contribution is 6.10. The van der Waals surface area contributed by atoms with Crippen LogP contribution < -0.4 is 15.1 Å². The molecular formula is C32H29N3O4. The molecule has 2 N–H and O–H groups in total. The number of fused-ring (bicyclic) bond motifs is 1. The second-order valence-corrected chi connectivity index (χ2v) is 9.56. The van der Waals surface area contributed by atoms with Crippen molar-refractivity contribution in [3.8, 4) is 11.1 Å². The number of benzene rings is 4. The van der Waals surface area contributed by atoms with Gasteiger partial charge < -0.3 is 20.2 Å². The molecule has 1 aliphatic heterocycles. The van der Waals surface area contributed by atoms with Crippen LogP contribution in [0, 0.1) is 6.92 Å². The third-order valence-electron chi connectivity index (χ3n) is 6.82. The van der Waals surface area contributed by atoms with Gasteiger partial charge in [0.25, 0.3) is 11.8 Å². The van der Waals surface area contributed by atoms with Gasteiger partial charge in [0.15, 0.2) is 0 Å². The average molecular weight is 520 g/mol. The Bertz CT molecular complexity index is 1510. The van der Waals surface area contributed by atoms with Gasteiger partial charge in [0, 0.05) is 29.9 Å². The van der Waals surface area contributed by atoms with Gasteiger partial charge in [0.1, 0.15) is 6.54 Å². The Kier molecular flexibility index (Phi) is 7.41. The predicted molar refractivity (Wildman–Crippen MR) is 154 cm³/mol. The zero-order valence-corrected chi connectivity index (χ0v) is 21.6. The van der Waals surface area contributed by atoms with Gasteiger partial charge in [-0.25, -0.2) is 0 Å². The first-order chi connectivity index (χ1) is 18.9. The van der Waals surface area contributed by atoms with E-state index in [1.54, 1.807) is 40.1 Å². The Hall–Kier alpha value is -4.91. The van der Waals surface area contributed by atoms with Crippen molar-refractivity contribution in [3.05, 3.63) is 114 Å². The number of carbonyl (C=O) groups excluding carboxylic acids is 2. The molecule has 0 saturated heterocycles. The number of carboxylic acids is 1. The first-order valence-electron chi connectivity index (χ1n) is 12.9. The largest absolute Gasteiger partial charge is 0.480 e. The van der Waals surface area contributed by atoms with Crippen LogP contribution in [0.25, 0.3) is 11.1 Å². The molecule has 4 aromatic rings. The molecule has 0 radical (unpaired) electrons. The lowest BCUT2D eigenvalue weighted by atomic mass is 9.98. The zero-order valence-electron chi connectivity index (χ0n) is 21.6. The first kappa shape index (κ1) is 25.7. The predicted octanol–water partition coefficient (Wildman–Crippen LogP) is 5.86. The molecule has 7 nitrogen and oxygen atoms in total. The Balaban J connectivity index is 1.34. The summed E-state index contributed by atoms with van der Waals surface area (Å²) in [4.78, 5) is 41.6. The van der Waals surface area contributed by atoms with E-state index >= 15 is 0 Å². The number of anilines is 3. The minimum absolute atomic E-state index is 0.125. The van der Waals surface area contributed by atoms with Crippen molar-refractivity contribution in [2.24, 2.45) is 0 Å². The molecular weight excluding hydrogens is 490 g/mol. The van der Waals surface area contributed by atoms with E-state index in [-0.39, 0.29) is 18.4 Å². The summed E-state index contributed by atoms with van der Waals surface area (Å²) in [6.07, 6.45) is 0.641. The number of nitrogens with zero attached hydrogens (tertiary/aromatic N) is 2. The van der Waals surface area contributed by atoms with Crippen molar-refractivity contribution < 1.29 is 19.5 Å². The van der Waals surface area contributed by atoms with E-state index in [1.165, 1.54) is 0 Å². The molecule has 0 aliphatic carbocycles. The Morgan fingerprint density at radius 2 is 1.46 bits per heavy atom. The number of carbonyl (C=O) groups is 3. The van der Waals surface area contributed by atoms with Gasteiger partial charge in [0.2, 0.25) is 0 Å². The van der Waals surface area contributed by atoms with E-state index in [2.05, 4.69) is 5.32 Å². The van der Waals surface area contributed by atoms with Crippen LogP contribution in [0.2, 0.25) is 0 Å². The van der Waals surface area contributed by atoms with Crippen molar-refractivity contribution >= 4 is 34.8 Å². The molecule has 0 bridgehead atoms. The number of aryl methyl sites for hydroxylation is 1. The van der Waals surface area contributed by atoms with Gasteiger partial charge in [-0.1, -0.05) is 60.2 Å². The zero-order chi connectivity index (χ0) is 27.4. The Morgan fingerprint density at radius 3 is 2.18 bits per heavy atom. The lowest BCUT2D eigenvalue weighted by Crippen LogP contribution is -2.31. The van der Waals surface area contributed by atoms with Gasteiger partial charge in [-0.15, -0.1) is 0 Å². The number of nitrogens with one attached hydrogen (secondary N) is 1. The third-order valence-corrected chi connectivity index (χ3v) is 6.82.